The number of benzene rings is 1. The molecule has 3 rings (SSSR count). The molecule has 1 amide bonds. The average molecular weight is 404 g/mol. The van der Waals surface area contributed by atoms with Crippen molar-refractivity contribution in [2.45, 2.75) is 55.6 Å². The summed E-state index contributed by atoms with van der Waals surface area (Å²) >= 11 is 0. The van der Waals surface area contributed by atoms with Crippen LogP contribution in [0.1, 0.15) is 44.1 Å². The summed E-state index contributed by atoms with van der Waals surface area (Å²) in [5.41, 5.74) is -1.04. The molecule has 1 aliphatic heterocycles. The number of carbonyl (C=O) groups is 1. The fraction of sp³-hybridized carbons (Fsp3) is 0.611. The highest BCUT2D eigenvalue weighted by atomic mass is 32.2. The van der Waals surface area contributed by atoms with Crippen LogP contribution >= 0.6 is 0 Å². The maximum absolute atomic E-state index is 12.8. The van der Waals surface area contributed by atoms with Gasteiger partial charge in [-0.25, -0.2) is 13.1 Å². The first-order valence-corrected chi connectivity index (χ1v) is 10.6. The Bertz CT molecular complexity index is 789. The molecule has 27 heavy (non-hydrogen) atoms. The largest absolute Gasteiger partial charge is 0.416 e. The summed E-state index contributed by atoms with van der Waals surface area (Å²) in [4.78, 5) is 13.8. The van der Waals surface area contributed by atoms with Crippen LogP contribution < -0.4 is 4.72 Å². The van der Waals surface area contributed by atoms with E-state index in [1.54, 1.807) is 4.90 Å². The molecule has 1 atom stereocenters. The van der Waals surface area contributed by atoms with Crippen LogP contribution in [0.2, 0.25) is 0 Å². The number of nitrogens with zero attached hydrogens (tertiary/aromatic N) is 1. The topological polar surface area (TPSA) is 66.5 Å². The number of rotatable bonds is 5. The van der Waals surface area contributed by atoms with E-state index in [0.29, 0.717) is 18.5 Å². The molecule has 9 heteroatoms. The Morgan fingerprint density at radius 2 is 1.85 bits per heavy atom. The second-order valence-corrected chi connectivity index (χ2v) is 8.96. The minimum absolute atomic E-state index is 0.151. The summed E-state index contributed by atoms with van der Waals surface area (Å²) in [6, 6.07) is 3.65. The first kappa shape index (κ1) is 20.1. The summed E-state index contributed by atoms with van der Waals surface area (Å²) in [6.45, 7) is 0.160. The lowest BCUT2D eigenvalue weighted by atomic mass is 9.96. The van der Waals surface area contributed by atoms with Crippen LogP contribution in [0.3, 0.4) is 0 Å². The van der Waals surface area contributed by atoms with E-state index < -0.39 is 33.2 Å². The quantitative estimate of drug-likeness (QED) is 0.820. The molecule has 1 saturated carbocycles. The average Bonchev–Trinajstić information content (AvgIpc) is 3.30. The Hall–Kier alpha value is -1.61. The van der Waals surface area contributed by atoms with Crippen molar-refractivity contribution in [1.82, 2.24) is 9.62 Å². The molecule has 0 aromatic heterocycles. The Labute approximate surface area is 157 Å². The Kier molecular flexibility index (Phi) is 5.81. The minimum atomic E-state index is -4.63. The normalized spacial score (nSPS) is 21.7. The van der Waals surface area contributed by atoms with Crippen LogP contribution in [0.5, 0.6) is 0 Å². The van der Waals surface area contributed by atoms with Gasteiger partial charge in [0.25, 0.3) is 0 Å². The van der Waals surface area contributed by atoms with E-state index in [9.17, 15) is 26.4 Å². The van der Waals surface area contributed by atoms with Gasteiger partial charge in [0.05, 0.1) is 17.0 Å². The number of sulfonamides is 1. The molecule has 2 fully saturated rings. The summed E-state index contributed by atoms with van der Waals surface area (Å²) in [6.07, 6.45) is 1.68. The van der Waals surface area contributed by atoms with Crippen molar-refractivity contribution in [2.75, 3.05) is 13.1 Å². The lowest BCUT2D eigenvalue weighted by Crippen LogP contribution is -2.44. The van der Waals surface area contributed by atoms with E-state index in [2.05, 4.69) is 4.72 Å². The third-order valence-corrected chi connectivity index (χ3v) is 6.85. The van der Waals surface area contributed by atoms with Crippen LogP contribution in [0.4, 0.5) is 13.2 Å². The van der Waals surface area contributed by atoms with E-state index in [-0.39, 0.29) is 11.9 Å². The summed E-state index contributed by atoms with van der Waals surface area (Å²) in [5.74, 6) is 0.150. The van der Waals surface area contributed by atoms with E-state index in [1.165, 1.54) is 0 Å². The molecule has 0 unspecified atom stereocenters. The van der Waals surface area contributed by atoms with Crippen molar-refractivity contribution in [1.29, 1.82) is 0 Å². The second-order valence-electron chi connectivity index (χ2n) is 7.19. The first-order valence-electron chi connectivity index (χ1n) is 9.15. The first-order chi connectivity index (χ1) is 12.7. The highest BCUT2D eigenvalue weighted by Crippen LogP contribution is 2.35. The van der Waals surface area contributed by atoms with Gasteiger partial charge in [0, 0.05) is 12.6 Å². The van der Waals surface area contributed by atoms with Crippen molar-refractivity contribution in [3.63, 3.8) is 0 Å². The number of carbonyl (C=O) groups excluding carboxylic acids is 1. The molecule has 0 radical (unpaired) electrons. The van der Waals surface area contributed by atoms with Crippen molar-refractivity contribution in [2.24, 2.45) is 5.92 Å². The fourth-order valence-corrected chi connectivity index (χ4v) is 5.14. The van der Waals surface area contributed by atoms with Gasteiger partial charge in [-0.15, -0.1) is 0 Å². The second kappa shape index (κ2) is 7.79. The standard InChI is InChI=1S/C18H23F3N2O3S/c19-18(20,21)14-7-3-8-15(11-14)27(25,26)22-12-17(24)23-10-4-9-16(23)13-5-1-2-6-13/h3,7-8,11,13,16,22H,1-2,4-6,9-10,12H2/t16-/m1/s1. The predicted octanol–water partition coefficient (Wildman–Crippen LogP) is 3.16. The SMILES string of the molecule is O=C(CNS(=O)(=O)c1cccc(C(F)(F)F)c1)N1CCC[C@@H]1C1CCCC1. The maximum atomic E-state index is 12.8. The van der Waals surface area contributed by atoms with Crippen LogP contribution in [-0.2, 0) is 21.0 Å². The third kappa shape index (κ3) is 4.63. The molecule has 2 aliphatic rings. The maximum Gasteiger partial charge on any atom is 0.416 e. The van der Waals surface area contributed by atoms with Crippen molar-refractivity contribution >= 4 is 15.9 Å². The Morgan fingerprint density at radius 1 is 1.15 bits per heavy atom. The number of halogens is 3. The summed E-state index contributed by atoms with van der Waals surface area (Å²) < 4.78 is 65.2. The van der Waals surface area contributed by atoms with Crippen LogP contribution in [-0.4, -0.2) is 38.4 Å². The summed E-state index contributed by atoms with van der Waals surface area (Å²) in [5, 5.41) is 0. The highest BCUT2D eigenvalue weighted by molar-refractivity contribution is 7.89. The zero-order chi connectivity index (χ0) is 19.7. The number of hydrogen-bond donors (Lipinski definition) is 1. The molecule has 1 aromatic rings. The molecule has 1 heterocycles. The predicted molar refractivity (Wildman–Crippen MR) is 93.3 cm³/mol. The summed E-state index contributed by atoms with van der Waals surface area (Å²) in [7, 11) is -4.20. The molecule has 150 valence electrons. The fourth-order valence-electron chi connectivity index (χ4n) is 4.12. The molecule has 1 N–H and O–H groups in total. The Morgan fingerprint density at radius 3 is 2.52 bits per heavy atom. The number of amides is 1. The number of alkyl halides is 3. The van der Waals surface area contributed by atoms with Gasteiger partial charge in [-0.1, -0.05) is 18.9 Å². The molecular weight excluding hydrogens is 381 g/mol. The lowest BCUT2D eigenvalue weighted by molar-refractivity contribution is -0.137. The van der Waals surface area contributed by atoms with Gasteiger partial charge in [0.1, 0.15) is 0 Å². The van der Waals surface area contributed by atoms with Crippen LogP contribution in [0, 0.1) is 5.92 Å². The zero-order valence-electron chi connectivity index (χ0n) is 14.8. The van der Waals surface area contributed by atoms with Gasteiger partial charge in [-0.2, -0.15) is 13.2 Å². The van der Waals surface area contributed by atoms with Crippen molar-refractivity contribution < 1.29 is 26.4 Å². The smallest absolute Gasteiger partial charge is 0.338 e. The molecule has 1 saturated heterocycles. The lowest BCUT2D eigenvalue weighted by Gasteiger charge is -2.29. The third-order valence-electron chi connectivity index (χ3n) is 5.45. The monoisotopic (exact) mass is 404 g/mol. The van der Waals surface area contributed by atoms with E-state index in [1.807, 2.05) is 0 Å². The van der Waals surface area contributed by atoms with E-state index >= 15 is 0 Å². The molecular formula is C18H23F3N2O3S. The van der Waals surface area contributed by atoms with Gasteiger partial charge in [-0.3, -0.25) is 4.79 Å². The van der Waals surface area contributed by atoms with Gasteiger partial charge in [0.15, 0.2) is 0 Å². The van der Waals surface area contributed by atoms with Gasteiger partial charge in [0.2, 0.25) is 15.9 Å². The minimum Gasteiger partial charge on any atom is -0.338 e. The Balaban J connectivity index is 1.65. The van der Waals surface area contributed by atoms with Crippen LogP contribution in [0.25, 0.3) is 0 Å². The molecule has 5 nitrogen and oxygen atoms in total. The molecule has 1 aromatic carbocycles. The zero-order valence-corrected chi connectivity index (χ0v) is 15.7. The molecule has 1 aliphatic carbocycles. The van der Waals surface area contributed by atoms with E-state index in [4.69, 9.17) is 0 Å². The number of hydrogen-bond acceptors (Lipinski definition) is 3. The molecule has 0 spiro atoms. The highest BCUT2D eigenvalue weighted by Gasteiger charge is 2.36. The van der Waals surface area contributed by atoms with Gasteiger partial charge < -0.3 is 4.90 Å². The number of nitrogens with one attached hydrogen (secondary N) is 1. The number of likely N-dealkylation sites (tertiary alicyclic amines) is 1. The molecule has 0 bridgehead atoms. The van der Waals surface area contributed by atoms with Crippen LogP contribution in [0.15, 0.2) is 29.2 Å². The van der Waals surface area contributed by atoms with Gasteiger partial charge in [-0.05, 0) is 49.8 Å². The van der Waals surface area contributed by atoms with Gasteiger partial charge >= 0.3 is 6.18 Å². The van der Waals surface area contributed by atoms with Crippen molar-refractivity contribution in [3.8, 4) is 0 Å². The van der Waals surface area contributed by atoms with E-state index in [0.717, 1.165) is 56.7 Å². The van der Waals surface area contributed by atoms with Crippen molar-refractivity contribution in [3.05, 3.63) is 29.8 Å².